The van der Waals surface area contributed by atoms with Crippen molar-refractivity contribution in [2.24, 2.45) is 11.8 Å². The normalized spacial score (nSPS) is 18.9. The minimum atomic E-state index is 0.488. The molecule has 1 aliphatic carbocycles. The topological polar surface area (TPSA) is 49.8 Å². The van der Waals surface area contributed by atoms with Crippen LogP contribution in [0.4, 0.5) is 11.8 Å². The van der Waals surface area contributed by atoms with Gasteiger partial charge in [-0.3, -0.25) is 0 Å². The first-order chi connectivity index (χ1) is 13.5. The molecule has 2 aromatic rings. The fourth-order valence-corrected chi connectivity index (χ4v) is 3.74. The van der Waals surface area contributed by atoms with E-state index in [1.807, 2.05) is 0 Å². The van der Waals surface area contributed by atoms with Gasteiger partial charge in [-0.1, -0.05) is 58.0 Å². The fourth-order valence-electron chi connectivity index (χ4n) is 3.74. The average molecular weight is 381 g/mol. The number of hydrogen-bond donors (Lipinski definition) is 2. The summed E-state index contributed by atoms with van der Waals surface area (Å²) in [5, 5.41) is 6.97. The van der Waals surface area contributed by atoms with Gasteiger partial charge in [0.1, 0.15) is 5.82 Å². The lowest BCUT2D eigenvalue weighted by Gasteiger charge is -2.37. The van der Waals surface area contributed by atoms with Crippen LogP contribution in [0.25, 0.3) is 0 Å². The Hall–Kier alpha value is -2.10. The van der Waals surface area contributed by atoms with Crippen molar-refractivity contribution in [1.29, 1.82) is 0 Å². The van der Waals surface area contributed by atoms with Crippen LogP contribution >= 0.6 is 0 Å². The van der Waals surface area contributed by atoms with Crippen LogP contribution in [0.3, 0.4) is 0 Å². The molecule has 0 aliphatic heterocycles. The maximum absolute atomic E-state index is 4.91. The van der Waals surface area contributed by atoms with Gasteiger partial charge in [0.25, 0.3) is 0 Å². The second-order valence-electron chi connectivity index (χ2n) is 8.92. The number of rotatable bonds is 10. The molecule has 1 heterocycles. The van der Waals surface area contributed by atoms with E-state index in [4.69, 9.17) is 9.97 Å². The molecule has 0 bridgehead atoms. The Morgan fingerprint density at radius 1 is 0.857 bits per heavy atom. The van der Waals surface area contributed by atoms with Crippen LogP contribution in [0.2, 0.25) is 0 Å². The minimum Gasteiger partial charge on any atom is -0.370 e. The Morgan fingerprint density at radius 2 is 1.50 bits per heavy atom. The van der Waals surface area contributed by atoms with Crippen molar-refractivity contribution in [2.75, 3.05) is 23.7 Å². The molecule has 4 nitrogen and oxygen atoms in total. The van der Waals surface area contributed by atoms with Crippen molar-refractivity contribution in [2.45, 2.75) is 65.2 Å². The van der Waals surface area contributed by atoms with Crippen LogP contribution in [0.5, 0.6) is 0 Å². The molecule has 0 radical (unpaired) electrons. The zero-order chi connectivity index (χ0) is 19.9. The highest BCUT2D eigenvalue weighted by molar-refractivity contribution is 5.44. The average Bonchev–Trinajstić information content (AvgIpc) is 2.61. The van der Waals surface area contributed by atoms with E-state index in [2.05, 4.69) is 74.7 Å². The zero-order valence-electron chi connectivity index (χ0n) is 17.9. The summed E-state index contributed by atoms with van der Waals surface area (Å²) in [6.07, 6.45) is 4.71. The molecule has 0 spiro atoms. The molecule has 2 N–H and O–H groups in total. The molecule has 1 fully saturated rings. The molecule has 3 rings (SSSR count). The summed E-state index contributed by atoms with van der Waals surface area (Å²) in [4.78, 5) is 9.64. The summed E-state index contributed by atoms with van der Waals surface area (Å²) in [7, 11) is 0. The molecule has 1 saturated carbocycles. The smallest absolute Gasteiger partial charge is 0.224 e. The Balaban J connectivity index is 1.76. The number of nitrogens with one attached hydrogen (secondary N) is 2. The summed E-state index contributed by atoms with van der Waals surface area (Å²) in [5.74, 6) is 4.14. The number of anilines is 2. The van der Waals surface area contributed by atoms with E-state index in [-0.39, 0.29) is 0 Å². The number of nitrogens with zero attached hydrogens (tertiary/aromatic N) is 2. The lowest BCUT2D eigenvalue weighted by atomic mass is 9.68. The van der Waals surface area contributed by atoms with Crippen LogP contribution in [0.15, 0.2) is 36.4 Å². The first kappa shape index (κ1) is 20.6. The lowest BCUT2D eigenvalue weighted by Crippen LogP contribution is -2.24. The van der Waals surface area contributed by atoms with Gasteiger partial charge in [0.05, 0.1) is 5.69 Å². The van der Waals surface area contributed by atoms with Crippen molar-refractivity contribution in [3.63, 3.8) is 0 Å². The Bertz CT molecular complexity index is 694. The highest BCUT2D eigenvalue weighted by Gasteiger charge is 2.34. The molecule has 2 unspecified atom stereocenters. The fraction of sp³-hybridized carbons (Fsp3) is 0.583. The summed E-state index contributed by atoms with van der Waals surface area (Å²) in [6.45, 7) is 10.9. The van der Waals surface area contributed by atoms with Crippen LogP contribution in [0.1, 0.15) is 76.5 Å². The molecule has 2 atom stereocenters. The molecule has 28 heavy (non-hydrogen) atoms. The molecule has 0 saturated heterocycles. The van der Waals surface area contributed by atoms with E-state index >= 15 is 0 Å². The predicted molar refractivity (Wildman–Crippen MR) is 119 cm³/mol. The van der Waals surface area contributed by atoms with Gasteiger partial charge >= 0.3 is 0 Å². The number of aromatic nitrogens is 2. The van der Waals surface area contributed by atoms with E-state index in [9.17, 15) is 0 Å². The predicted octanol–water partition coefficient (Wildman–Crippen LogP) is 6.05. The molecular weight excluding hydrogens is 344 g/mol. The van der Waals surface area contributed by atoms with Crippen LogP contribution < -0.4 is 10.6 Å². The first-order valence-electron chi connectivity index (χ1n) is 10.9. The van der Waals surface area contributed by atoms with E-state index in [0.29, 0.717) is 23.7 Å². The molecule has 4 heteroatoms. The van der Waals surface area contributed by atoms with Gasteiger partial charge in [-0.15, -0.1) is 0 Å². The van der Waals surface area contributed by atoms with Crippen molar-refractivity contribution < 1.29 is 0 Å². The van der Waals surface area contributed by atoms with Crippen molar-refractivity contribution in [3.8, 4) is 0 Å². The molecule has 1 aliphatic rings. The molecule has 1 aromatic heterocycles. The van der Waals surface area contributed by atoms with E-state index in [0.717, 1.165) is 37.7 Å². The van der Waals surface area contributed by atoms with E-state index in [1.54, 1.807) is 0 Å². The summed E-state index contributed by atoms with van der Waals surface area (Å²) in [5.41, 5.74) is 2.61. The molecular formula is C24H36N4. The second kappa shape index (κ2) is 9.90. The van der Waals surface area contributed by atoms with Gasteiger partial charge < -0.3 is 10.6 Å². The van der Waals surface area contributed by atoms with Crippen molar-refractivity contribution in [3.05, 3.63) is 47.7 Å². The maximum Gasteiger partial charge on any atom is 0.224 e. The summed E-state index contributed by atoms with van der Waals surface area (Å²) < 4.78 is 0. The third-order valence-electron chi connectivity index (χ3n) is 5.66. The van der Waals surface area contributed by atoms with Crippen molar-refractivity contribution in [1.82, 2.24) is 9.97 Å². The number of benzene rings is 1. The molecule has 0 amide bonds. The highest BCUT2D eigenvalue weighted by atomic mass is 15.1. The van der Waals surface area contributed by atoms with E-state index in [1.165, 1.54) is 24.1 Å². The van der Waals surface area contributed by atoms with Crippen LogP contribution in [0, 0.1) is 11.8 Å². The standard InChI is InChI=1S/C24H36N4/c1-17(2)12-14-25-23-16-22(27-24(28-23)26-15-13-18(3)4)21-11-10-20(21)19-8-6-5-7-9-19/h5-9,16-18,20-21H,10-15H2,1-4H3,(H2,25,26,27,28). The van der Waals surface area contributed by atoms with Crippen molar-refractivity contribution >= 4 is 11.8 Å². The lowest BCUT2D eigenvalue weighted by molar-refractivity contribution is 0.340. The van der Waals surface area contributed by atoms with E-state index < -0.39 is 0 Å². The Kier molecular flexibility index (Phi) is 7.30. The van der Waals surface area contributed by atoms with Gasteiger partial charge in [-0.25, -0.2) is 4.98 Å². The zero-order valence-corrected chi connectivity index (χ0v) is 17.9. The molecule has 152 valence electrons. The quantitative estimate of drug-likeness (QED) is 0.526. The van der Waals surface area contributed by atoms with Crippen LogP contribution in [-0.4, -0.2) is 23.1 Å². The van der Waals surface area contributed by atoms with Crippen LogP contribution in [-0.2, 0) is 0 Å². The largest absolute Gasteiger partial charge is 0.370 e. The minimum absolute atomic E-state index is 0.488. The first-order valence-corrected chi connectivity index (χ1v) is 10.9. The van der Waals surface area contributed by atoms with Gasteiger partial charge in [-0.05, 0) is 49.0 Å². The number of hydrogen-bond acceptors (Lipinski definition) is 4. The third-order valence-corrected chi connectivity index (χ3v) is 5.66. The van der Waals surface area contributed by atoms with Gasteiger partial charge in [-0.2, -0.15) is 4.98 Å². The maximum atomic E-state index is 4.91. The SMILES string of the molecule is CC(C)CCNc1cc(C2CCC2c2ccccc2)nc(NCCC(C)C)n1. The second-order valence-corrected chi connectivity index (χ2v) is 8.92. The summed E-state index contributed by atoms with van der Waals surface area (Å²) >= 11 is 0. The summed E-state index contributed by atoms with van der Waals surface area (Å²) in [6, 6.07) is 13.1. The van der Waals surface area contributed by atoms with Gasteiger partial charge in [0.2, 0.25) is 5.95 Å². The third kappa shape index (κ3) is 5.70. The monoisotopic (exact) mass is 380 g/mol. The van der Waals surface area contributed by atoms with Gasteiger partial charge in [0.15, 0.2) is 0 Å². The Labute approximate surface area is 170 Å². The Morgan fingerprint density at radius 3 is 2.11 bits per heavy atom. The highest BCUT2D eigenvalue weighted by Crippen LogP contribution is 2.48. The molecule has 1 aromatic carbocycles. The van der Waals surface area contributed by atoms with Gasteiger partial charge in [0, 0.05) is 25.1 Å².